The molecule has 2 atom stereocenters. The summed E-state index contributed by atoms with van der Waals surface area (Å²) in [5.74, 6) is 3.49. The Morgan fingerprint density at radius 3 is 3.05 bits per heavy atom. The van der Waals surface area contributed by atoms with E-state index in [1.807, 2.05) is 54.7 Å². The summed E-state index contributed by atoms with van der Waals surface area (Å²) in [5.41, 5.74) is 7.43. The standard InChI is InChI=1S/C14H20N2OS2/c1-10(11-3-2-4-12(15)7-11)14(17)16-8-13-9-18-5-6-19-13/h2-4,7,10,13H,5-6,8-9,15H2,1H3,(H,16,17). The van der Waals surface area contributed by atoms with E-state index in [1.165, 1.54) is 11.5 Å². The maximum absolute atomic E-state index is 12.1. The Balaban J connectivity index is 1.85. The van der Waals surface area contributed by atoms with Crippen molar-refractivity contribution in [2.45, 2.75) is 18.1 Å². The van der Waals surface area contributed by atoms with Gasteiger partial charge in [0.1, 0.15) is 0 Å². The molecule has 19 heavy (non-hydrogen) atoms. The summed E-state index contributed by atoms with van der Waals surface area (Å²) in [7, 11) is 0. The number of hydrogen-bond acceptors (Lipinski definition) is 4. The van der Waals surface area contributed by atoms with Gasteiger partial charge in [0.2, 0.25) is 5.91 Å². The summed E-state index contributed by atoms with van der Waals surface area (Å²) in [6.45, 7) is 2.69. The first kappa shape index (κ1) is 14.6. The first-order chi connectivity index (χ1) is 9.16. The van der Waals surface area contributed by atoms with Crippen LogP contribution in [0.2, 0.25) is 0 Å². The number of anilines is 1. The SMILES string of the molecule is CC(C(=O)NCC1CSCCS1)c1cccc(N)c1. The van der Waals surface area contributed by atoms with Gasteiger partial charge in [0, 0.05) is 34.7 Å². The van der Waals surface area contributed by atoms with Crippen molar-refractivity contribution in [2.24, 2.45) is 0 Å². The van der Waals surface area contributed by atoms with Crippen LogP contribution in [0.5, 0.6) is 0 Å². The monoisotopic (exact) mass is 296 g/mol. The van der Waals surface area contributed by atoms with Crippen molar-refractivity contribution >= 4 is 35.1 Å². The van der Waals surface area contributed by atoms with Crippen molar-refractivity contribution in [3.05, 3.63) is 29.8 Å². The highest BCUT2D eigenvalue weighted by Gasteiger charge is 2.18. The molecule has 1 heterocycles. The highest BCUT2D eigenvalue weighted by Crippen LogP contribution is 2.23. The molecule has 1 aliphatic rings. The Morgan fingerprint density at radius 1 is 1.53 bits per heavy atom. The van der Waals surface area contributed by atoms with E-state index in [4.69, 9.17) is 5.73 Å². The van der Waals surface area contributed by atoms with Gasteiger partial charge in [-0.3, -0.25) is 4.79 Å². The fraction of sp³-hybridized carbons (Fsp3) is 0.500. The minimum absolute atomic E-state index is 0.0850. The van der Waals surface area contributed by atoms with Crippen molar-refractivity contribution in [3.63, 3.8) is 0 Å². The summed E-state index contributed by atoms with van der Waals surface area (Å²) in [6, 6.07) is 7.55. The summed E-state index contributed by atoms with van der Waals surface area (Å²) in [5, 5.41) is 3.61. The van der Waals surface area contributed by atoms with Crippen molar-refractivity contribution in [1.29, 1.82) is 0 Å². The van der Waals surface area contributed by atoms with Crippen molar-refractivity contribution in [1.82, 2.24) is 5.32 Å². The van der Waals surface area contributed by atoms with E-state index in [9.17, 15) is 4.79 Å². The van der Waals surface area contributed by atoms with Crippen LogP contribution in [-0.4, -0.2) is 35.0 Å². The van der Waals surface area contributed by atoms with Crippen LogP contribution in [0.4, 0.5) is 5.69 Å². The van der Waals surface area contributed by atoms with Gasteiger partial charge < -0.3 is 11.1 Å². The molecule has 0 aromatic heterocycles. The Morgan fingerprint density at radius 2 is 2.37 bits per heavy atom. The van der Waals surface area contributed by atoms with Crippen molar-refractivity contribution in [3.8, 4) is 0 Å². The summed E-state index contributed by atoms with van der Waals surface area (Å²) >= 11 is 3.93. The summed E-state index contributed by atoms with van der Waals surface area (Å²) in [6.07, 6.45) is 0. The molecule has 3 nitrogen and oxygen atoms in total. The van der Waals surface area contributed by atoms with Crippen LogP contribution in [0.15, 0.2) is 24.3 Å². The second-order valence-electron chi connectivity index (χ2n) is 4.70. The largest absolute Gasteiger partial charge is 0.399 e. The Bertz CT molecular complexity index is 433. The van der Waals surface area contributed by atoms with E-state index in [1.54, 1.807) is 0 Å². The lowest BCUT2D eigenvalue weighted by Crippen LogP contribution is -2.35. The lowest BCUT2D eigenvalue weighted by Gasteiger charge is -2.22. The lowest BCUT2D eigenvalue weighted by atomic mass is 10.00. The molecular weight excluding hydrogens is 276 g/mol. The molecule has 2 unspecified atom stereocenters. The molecule has 1 saturated heterocycles. The van der Waals surface area contributed by atoms with Crippen LogP contribution in [-0.2, 0) is 4.79 Å². The maximum atomic E-state index is 12.1. The third-order valence-corrected chi connectivity index (χ3v) is 6.04. The Labute approximate surface area is 123 Å². The average Bonchev–Trinajstić information content (AvgIpc) is 2.45. The molecule has 104 valence electrons. The maximum Gasteiger partial charge on any atom is 0.227 e. The van der Waals surface area contributed by atoms with E-state index in [2.05, 4.69) is 5.32 Å². The average molecular weight is 296 g/mol. The van der Waals surface area contributed by atoms with Crippen LogP contribution in [0.1, 0.15) is 18.4 Å². The van der Waals surface area contributed by atoms with Crippen LogP contribution >= 0.6 is 23.5 Å². The van der Waals surface area contributed by atoms with E-state index in [0.717, 1.165) is 17.9 Å². The van der Waals surface area contributed by atoms with Gasteiger partial charge in [0.25, 0.3) is 0 Å². The molecule has 1 amide bonds. The highest BCUT2D eigenvalue weighted by atomic mass is 32.2. The van der Waals surface area contributed by atoms with Gasteiger partial charge in [-0.1, -0.05) is 12.1 Å². The van der Waals surface area contributed by atoms with Crippen LogP contribution in [0.3, 0.4) is 0 Å². The van der Waals surface area contributed by atoms with Gasteiger partial charge in [0.15, 0.2) is 0 Å². The Kier molecular flexibility index (Phi) is 5.45. The Hall–Kier alpha value is -0.810. The topological polar surface area (TPSA) is 55.1 Å². The van der Waals surface area contributed by atoms with Crippen molar-refractivity contribution in [2.75, 3.05) is 29.5 Å². The zero-order chi connectivity index (χ0) is 13.7. The highest BCUT2D eigenvalue weighted by molar-refractivity contribution is 8.06. The number of carbonyl (C=O) groups excluding carboxylic acids is 1. The number of benzene rings is 1. The van der Waals surface area contributed by atoms with E-state index in [-0.39, 0.29) is 11.8 Å². The first-order valence-corrected chi connectivity index (χ1v) is 8.69. The number of rotatable bonds is 4. The molecular formula is C14H20N2OS2. The molecule has 1 aromatic carbocycles. The van der Waals surface area contributed by atoms with Crippen LogP contribution in [0, 0.1) is 0 Å². The molecule has 0 bridgehead atoms. The molecule has 0 aliphatic carbocycles. The number of nitrogens with two attached hydrogens (primary N) is 1. The molecule has 1 aliphatic heterocycles. The number of carbonyl (C=O) groups is 1. The molecule has 5 heteroatoms. The van der Waals surface area contributed by atoms with Crippen LogP contribution in [0.25, 0.3) is 0 Å². The molecule has 3 N–H and O–H groups in total. The van der Waals surface area contributed by atoms with E-state index < -0.39 is 0 Å². The third kappa shape index (κ3) is 4.35. The number of nitrogens with one attached hydrogen (secondary N) is 1. The molecule has 0 saturated carbocycles. The summed E-state index contributed by atoms with van der Waals surface area (Å²) < 4.78 is 0. The van der Waals surface area contributed by atoms with Gasteiger partial charge in [0.05, 0.1) is 5.92 Å². The fourth-order valence-corrected chi connectivity index (χ4v) is 4.61. The minimum Gasteiger partial charge on any atom is -0.399 e. The van der Waals surface area contributed by atoms with E-state index in [0.29, 0.717) is 10.9 Å². The lowest BCUT2D eigenvalue weighted by molar-refractivity contribution is -0.122. The first-order valence-electron chi connectivity index (χ1n) is 6.49. The van der Waals surface area contributed by atoms with Gasteiger partial charge in [-0.2, -0.15) is 23.5 Å². The number of nitrogen functional groups attached to an aromatic ring is 1. The quantitative estimate of drug-likeness (QED) is 0.837. The minimum atomic E-state index is -0.148. The second kappa shape index (κ2) is 7.10. The van der Waals surface area contributed by atoms with Gasteiger partial charge >= 0.3 is 0 Å². The fourth-order valence-electron chi connectivity index (χ4n) is 2.00. The molecule has 2 rings (SSSR count). The third-order valence-electron chi connectivity index (χ3n) is 3.19. The van der Waals surface area contributed by atoms with E-state index >= 15 is 0 Å². The zero-order valence-corrected chi connectivity index (χ0v) is 12.7. The number of hydrogen-bond donors (Lipinski definition) is 2. The molecule has 0 spiro atoms. The molecule has 1 aromatic rings. The second-order valence-corrected chi connectivity index (χ2v) is 7.26. The molecule has 1 fully saturated rings. The van der Waals surface area contributed by atoms with Gasteiger partial charge in [-0.15, -0.1) is 0 Å². The smallest absolute Gasteiger partial charge is 0.227 e. The number of thioether (sulfide) groups is 2. The normalized spacial score (nSPS) is 20.8. The summed E-state index contributed by atoms with van der Waals surface area (Å²) in [4.78, 5) is 12.1. The predicted octanol–water partition coefficient (Wildman–Crippen LogP) is 2.34. The van der Waals surface area contributed by atoms with Crippen LogP contribution < -0.4 is 11.1 Å². The van der Waals surface area contributed by atoms with Crippen molar-refractivity contribution < 1.29 is 4.79 Å². The zero-order valence-electron chi connectivity index (χ0n) is 11.1. The van der Waals surface area contributed by atoms with Gasteiger partial charge in [-0.25, -0.2) is 0 Å². The predicted molar refractivity (Wildman–Crippen MR) is 85.9 cm³/mol. The number of amides is 1. The van der Waals surface area contributed by atoms with Gasteiger partial charge in [-0.05, 0) is 24.6 Å². The molecule has 0 radical (unpaired) electrons.